The van der Waals surface area contributed by atoms with Crippen molar-refractivity contribution in [1.29, 1.82) is 0 Å². The SMILES string of the molecule is Cc1ccnc(C(C)C)c1-n1c(=O)nc(N2CCCC[C@@H]2C)c2cc(F)c(-c3c(N)c(F)c(F)c(F)c3F)nc21. The number of rotatable bonds is 4. The summed E-state index contributed by atoms with van der Waals surface area (Å²) in [5, 5.41) is 0.120. The van der Waals surface area contributed by atoms with Gasteiger partial charge in [0.1, 0.15) is 11.5 Å². The molecule has 1 atom stereocenters. The lowest BCUT2D eigenvalue weighted by Crippen LogP contribution is -2.40. The number of halogens is 5. The molecule has 40 heavy (non-hydrogen) atoms. The summed E-state index contributed by atoms with van der Waals surface area (Å²) < 4.78 is 74.3. The monoisotopic (exact) mass is 558 g/mol. The average Bonchev–Trinajstić information content (AvgIpc) is 2.92. The van der Waals surface area contributed by atoms with Gasteiger partial charge in [0.05, 0.1) is 28.0 Å². The summed E-state index contributed by atoms with van der Waals surface area (Å²) in [5.41, 5.74) is 3.05. The van der Waals surface area contributed by atoms with E-state index in [-0.39, 0.29) is 28.8 Å². The van der Waals surface area contributed by atoms with Crippen molar-refractivity contribution >= 4 is 22.5 Å². The van der Waals surface area contributed by atoms with Crippen molar-refractivity contribution in [3.05, 3.63) is 69.2 Å². The minimum absolute atomic E-state index is 0.0258. The molecule has 4 heterocycles. The van der Waals surface area contributed by atoms with Crippen molar-refractivity contribution in [3.63, 3.8) is 0 Å². The van der Waals surface area contributed by atoms with Gasteiger partial charge in [0.25, 0.3) is 0 Å². The molecule has 0 unspecified atom stereocenters. The number of benzene rings is 1. The first-order chi connectivity index (χ1) is 18.9. The molecule has 1 fully saturated rings. The van der Waals surface area contributed by atoms with Gasteiger partial charge in [-0.3, -0.25) is 4.98 Å². The van der Waals surface area contributed by atoms with E-state index in [2.05, 4.69) is 15.0 Å². The maximum absolute atomic E-state index is 15.7. The van der Waals surface area contributed by atoms with E-state index >= 15 is 4.39 Å². The molecule has 4 aromatic rings. The van der Waals surface area contributed by atoms with Gasteiger partial charge in [0.15, 0.2) is 34.7 Å². The van der Waals surface area contributed by atoms with Crippen molar-refractivity contribution in [1.82, 2.24) is 19.5 Å². The number of nitrogen functional groups attached to an aromatic ring is 1. The molecule has 5 rings (SSSR count). The van der Waals surface area contributed by atoms with E-state index in [0.29, 0.717) is 23.5 Å². The minimum Gasteiger partial charge on any atom is -0.396 e. The lowest BCUT2D eigenvalue weighted by atomic mass is 10.0. The predicted molar refractivity (Wildman–Crippen MR) is 142 cm³/mol. The van der Waals surface area contributed by atoms with E-state index in [4.69, 9.17) is 5.73 Å². The summed E-state index contributed by atoms with van der Waals surface area (Å²) in [6, 6.07) is 2.63. The van der Waals surface area contributed by atoms with Crippen LogP contribution in [-0.2, 0) is 0 Å². The van der Waals surface area contributed by atoms with Gasteiger partial charge < -0.3 is 10.6 Å². The largest absolute Gasteiger partial charge is 0.396 e. The van der Waals surface area contributed by atoms with E-state index in [1.54, 1.807) is 19.2 Å². The lowest BCUT2D eigenvalue weighted by Gasteiger charge is -2.35. The molecule has 2 N–H and O–H groups in total. The molecule has 0 radical (unpaired) electrons. The van der Waals surface area contributed by atoms with Gasteiger partial charge in [-0.1, -0.05) is 13.8 Å². The summed E-state index contributed by atoms with van der Waals surface area (Å²) in [6.45, 7) is 7.99. The highest BCUT2D eigenvalue weighted by atomic mass is 19.2. The topological polar surface area (TPSA) is 89.9 Å². The molecule has 7 nitrogen and oxygen atoms in total. The Morgan fingerprint density at radius 1 is 1.02 bits per heavy atom. The quantitative estimate of drug-likeness (QED) is 0.145. The van der Waals surface area contributed by atoms with Gasteiger partial charge in [0.2, 0.25) is 0 Å². The summed E-state index contributed by atoms with van der Waals surface area (Å²) in [7, 11) is 0. The number of fused-ring (bicyclic) bond motifs is 1. The van der Waals surface area contributed by atoms with Gasteiger partial charge in [-0.15, -0.1) is 0 Å². The molecule has 1 saturated heterocycles. The number of hydrogen-bond donors (Lipinski definition) is 1. The fraction of sp³-hybridized carbons (Fsp3) is 0.357. The standard InChI is InChI=1S/C28H27F5N6O/c1-12(2)23-25(13(3)8-9-35-23)39-27-15(26(37-28(39)40)38-10-6-5-7-14(38)4)11-16(29)24(36-27)17-18(30)19(31)20(32)21(33)22(17)34/h8-9,11-12,14H,5-7,10,34H2,1-4H3/t14-/m0/s1. The van der Waals surface area contributed by atoms with E-state index < -0.39 is 51.7 Å². The highest BCUT2D eigenvalue weighted by molar-refractivity contribution is 5.91. The van der Waals surface area contributed by atoms with Crippen molar-refractivity contribution in [2.75, 3.05) is 17.2 Å². The van der Waals surface area contributed by atoms with Crippen LogP contribution in [0.25, 0.3) is 28.0 Å². The lowest BCUT2D eigenvalue weighted by molar-refractivity contribution is 0.412. The Labute approximate surface area is 226 Å². The first-order valence-corrected chi connectivity index (χ1v) is 12.9. The molecule has 1 aliphatic heterocycles. The number of piperidine rings is 1. The van der Waals surface area contributed by atoms with Crippen LogP contribution in [0.5, 0.6) is 0 Å². The van der Waals surface area contributed by atoms with Crippen LogP contribution in [0.3, 0.4) is 0 Å². The van der Waals surface area contributed by atoms with E-state index in [0.717, 1.165) is 29.9 Å². The van der Waals surface area contributed by atoms with Gasteiger partial charge >= 0.3 is 5.69 Å². The molecule has 12 heteroatoms. The average molecular weight is 559 g/mol. The highest BCUT2D eigenvalue weighted by Gasteiger charge is 2.31. The normalized spacial score (nSPS) is 15.8. The summed E-state index contributed by atoms with van der Waals surface area (Å²) >= 11 is 0. The Balaban J connectivity index is 1.95. The Morgan fingerprint density at radius 2 is 1.73 bits per heavy atom. The van der Waals surface area contributed by atoms with Crippen molar-refractivity contribution in [3.8, 4) is 16.9 Å². The third-order valence-corrected chi connectivity index (χ3v) is 7.34. The zero-order chi connectivity index (χ0) is 29.0. The first-order valence-electron chi connectivity index (χ1n) is 12.9. The maximum atomic E-state index is 15.7. The molecule has 0 amide bonds. The fourth-order valence-corrected chi connectivity index (χ4v) is 5.28. The second-order valence-electron chi connectivity index (χ2n) is 10.3. The van der Waals surface area contributed by atoms with Crippen LogP contribution in [-0.4, -0.2) is 32.1 Å². The number of aryl methyl sites for hydroxylation is 1. The van der Waals surface area contributed by atoms with Gasteiger partial charge in [-0.25, -0.2) is 36.3 Å². The molecule has 3 aromatic heterocycles. The summed E-state index contributed by atoms with van der Waals surface area (Å²) in [5.74, 6) is -9.25. The maximum Gasteiger partial charge on any atom is 0.355 e. The predicted octanol–water partition coefficient (Wildman–Crippen LogP) is 5.93. The molecule has 210 valence electrons. The van der Waals surface area contributed by atoms with Crippen LogP contribution in [0.1, 0.15) is 57.2 Å². The van der Waals surface area contributed by atoms with Crippen molar-refractivity contribution in [2.24, 2.45) is 0 Å². The van der Waals surface area contributed by atoms with Crippen LogP contribution in [0.2, 0.25) is 0 Å². The number of nitrogens with zero attached hydrogens (tertiary/aromatic N) is 5. The molecule has 0 bridgehead atoms. The number of aromatic nitrogens is 4. The zero-order valence-electron chi connectivity index (χ0n) is 22.3. The molecule has 0 aliphatic carbocycles. The summed E-state index contributed by atoms with van der Waals surface area (Å²) in [6.07, 6.45) is 4.18. The van der Waals surface area contributed by atoms with Crippen molar-refractivity contribution < 1.29 is 22.0 Å². The Bertz CT molecular complexity index is 1690. The van der Waals surface area contributed by atoms with Crippen LogP contribution in [0, 0.1) is 36.0 Å². The zero-order valence-corrected chi connectivity index (χ0v) is 22.3. The molecular formula is C28H27F5N6O. The Hall–Kier alpha value is -4.09. The van der Waals surface area contributed by atoms with E-state index in [1.807, 2.05) is 25.7 Å². The molecule has 1 aromatic carbocycles. The smallest absolute Gasteiger partial charge is 0.355 e. The van der Waals surface area contributed by atoms with E-state index in [1.165, 1.54) is 0 Å². The second-order valence-corrected chi connectivity index (χ2v) is 10.3. The highest BCUT2D eigenvalue weighted by Crippen LogP contribution is 2.38. The fourth-order valence-electron chi connectivity index (χ4n) is 5.28. The van der Waals surface area contributed by atoms with Gasteiger partial charge in [-0.05, 0) is 56.7 Å². The number of nitrogens with two attached hydrogens (primary N) is 1. The van der Waals surface area contributed by atoms with Crippen LogP contribution in [0.15, 0.2) is 23.1 Å². The number of pyridine rings is 2. The first kappa shape index (κ1) is 27.5. The molecule has 1 aliphatic rings. The van der Waals surface area contributed by atoms with Crippen LogP contribution in [0.4, 0.5) is 33.5 Å². The van der Waals surface area contributed by atoms with Crippen LogP contribution < -0.4 is 16.3 Å². The van der Waals surface area contributed by atoms with Gasteiger partial charge in [-0.2, -0.15) is 4.98 Å². The van der Waals surface area contributed by atoms with Crippen molar-refractivity contribution in [2.45, 2.75) is 58.9 Å². The van der Waals surface area contributed by atoms with Gasteiger partial charge in [0, 0.05) is 18.8 Å². The number of hydrogen-bond acceptors (Lipinski definition) is 6. The molecule has 0 saturated carbocycles. The minimum atomic E-state index is -2.16. The molecule has 0 spiro atoms. The third kappa shape index (κ3) is 4.25. The number of anilines is 2. The van der Waals surface area contributed by atoms with Crippen LogP contribution >= 0.6 is 0 Å². The Morgan fingerprint density at radius 3 is 2.40 bits per heavy atom. The summed E-state index contributed by atoms with van der Waals surface area (Å²) in [4.78, 5) is 28.6. The second kappa shape index (κ2) is 10.1. The Kier molecular flexibility index (Phi) is 6.97. The third-order valence-electron chi connectivity index (χ3n) is 7.34. The molecular weight excluding hydrogens is 531 g/mol. The van der Waals surface area contributed by atoms with E-state index in [9.17, 15) is 22.4 Å².